The Labute approximate surface area is 221 Å². The number of ketones is 1. The van der Waals surface area contributed by atoms with Crippen molar-refractivity contribution in [3.63, 3.8) is 0 Å². The molecule has 0 bridgehead atoms. The van der Waals surface area contributed by atoms with Gasteiger partial charge in [-0.3, -0.25) is 9.59 Å². The van der Waals surface area contributed by atoms with E-state index in [4.69, 9.17) is 21.1 Å². The average molecular weight is 512 g/mol. The number of hydrogen-bond donors (Lipinski definition) is 1. The van der Waals surface area contributed by atoms with Crippen molar-refractivity contribution < 1.29 is 19.1 Å². The summed E-state index contributed by atoms with van der Waals surface area (Å²) in [6.07, 6.45) is 3.06. The highest BCUT2D eigenvalue weighted by molar-refractivity contribution is 6.31. The summed E-state index contributed by atoms with van der Waals surface area (Å²) >= 11 is 6.13. The molecule has 6 heteroatoms. The van der Waals surface area contributed by atoms with Gasteiger partial charge >= 0.3 is 0 Å². The van der Waals surface area contributed by atoms with Crippen LogP contribution in [-0.4, -0.2) is 18.8 Å². The first kappa shape index (κ1) is 25.7. The fraction of sp³-hybridized carbons (Fsp3) is 0.0968. The van der Waals surface area contributed by atoms with E-state index in [0.717, 1.165) is 16.7 Å². The van der Waals surface area contributed by atoms with Crippen molar-refractivity contribution in [3.05, 3.63) is 130 Å². The number of nitrogens with one attached hydrogen (secondary N) is 1. The Hall–Kier alpha value is -4.35. The third kappa shape index (κ3) is 6.66. The zero-order chi connectivity index (χ0) is 26.2. The summed E-state index contributed by atoms with van der Waals surface area (Å²) in [5, 5.41) is 3.19. The molecular weight excluding hydrogens is 486 g/mol. The summed E-state index contributed by atoms with van der Waals surface area (Å²) in [7, 11) is 1.57. The van der Waals surface area contributed by atoms with Gasteiger partial charge in [-0.25, -0.2) is 0 Å². The van der Waals surface area contributed by atoms with Gasteiger partial charge in [-0.1, -0.05) is 72.3 Å². The lowest BCUT2D eigenvalue weighted by Crippen LogP contribution is -2.12. The maximum atomic E-state index is 13.0. The smallest absolute Gasteiger partial charge is 0.248 e. The van der Waals surface area contributed by atoms with E-state index in [9.17, 15) is 9.59 Å². The third-order valence-electron chi connectivity index (χ3n) is 5.78. The molecule has 5 nitrogen and oxygen atoms in total. The van der Waals surface area contributed by atoms with Gasteiger partial charge in [-0.15, -0.1) is 0 Å². The number of aryl methyl sites for hydroxylation is 1. The molecular formula is C31H26ClNO4. The number of carbonyl (C=O) groups excluding carboxylic acids is 2. The Morgan fingerprint density at radius 2 is 1.65 bits per heavy atom. The molecule has 0 saturated carbocycles. The molecule has 0 aromatic heterocycles. The normalized spacial score (nSPS) is 10.8. The van der Waals surface area contributed by atoms with Gasteiger partial charge < -0.3 is 14.8 Å². The minimum Gasteiger partial charge on any atom is -0.493 e. The standard InChI is InChI=1S/C31H26ClNO4/c1-21-8-6-7-11-24(21)20-37-28-16-12-22(18-29(28)36-2)13-17-30(34)33-27-15-14-25(32)19-26(27)31(35)23-9-4-3-5-10-23/h3-19H,20H2,1-2H3,(H,33,34)/b17-13+. The highest BCUT2D eigenvalue weighted by Crippen LogP contribution is 2.30. The van der Waals surface area contributed by atoms with E-state index in [1.807, 2.05) is 49.4 Å². The van der Waals surface area contributed by atoms with Crippen LogP contribution in [0, 0.1) is 6.92 Å². The predicted octanol–water partition coefficient (Wildman–Crippen LogP) is 7.12. The van der Waals surface area contributed by atoms with Crippen LogP contribution in [0.3, 0.4) is 0 Å². The van der Waals surface area contributed by atoms with Crippen LogP contribution in [0.1, 0.15) is 32.6 Å². The number of anilines is 1. The van der Waals surface area contributed by atoms with Gasteiger partial charge in [0.15, 0.2) is 17.3 Å². The SMILES string of the molecule is COc1cc(/C=C/C(=O)Nc2ccc(Cl)cc2C(=O)c2ccccc2)ccc1OCc1ccccc1C. The second-order valence-electron chi connectivity index (χ2n) is 8.33. The van der Waals surface area contributed by atoms with Crippen LogP contribution in [0.2, 0.25) is 5.02 Å². The molecule has 0 aliphatic rings. The molecule has 0 atom stereocenters. The van der Waals surface area contributed by atoms with Gasteiger partial charge in [0, 0.05) is 22.2 Å². The van der Waals surface area contributed by atoms with Crippen LogP contribution in [0.5, 0.6) is 11.5 Å². The number of rotatable bonds is 9. The van der Waals surface area contributed by atoms with E-state index < -0.39 is 0 Å². The molecule has 1 N–H and O–H groups in total. The molecule has 0 saturated heterocycles. The predicted molar refractivity (Wildman–Crippen MR) is 147 cm³/mol. The highest BCUT2D eigenvalue weighted by Gasteiger charge is 2.15. The van der Waals surface area contributed by atoms with Crippen molar-refractivity contribution in [2.24, 2.45) is 0 Å². The summed E-state index contributed by atoms with van der Waals surface area (Å²) in [4.78, 5) is 25.7. The molecule has 0 fully saturated rings. The zero-order valence-electron chi connectivity index (χ0n) is 20.5. The fourth-order valence-electron chi connectivity index (χ4n) is 3.74. The first-order valence-electron chi connectivity index (χ1n) is 11.7. The number of halogens is 1. The monoisotopic (exact) mass is 511 g/mol. The van der Waals surface area contributed by atoms with Gasteiger partial charge in [-0.05, 0) is 60.0 Å². The molecule has 4 aromatic carbocycles. The number of methoxy groups -OCH3 is 1. The molecule has 0 spiro atoms. The van der Waals surface area contributed by atoms with E-state index >= 15 is 0 Å². The molecule has 0 unspecified atom stereocenters. The lowest BCUT2D eigenvalue weighted by atomic mass is 10.0. The highest BCUT2D eigenvalue weighted by atomic mass is 35.5. The van der Waals surface area contributed by atoms with Crippen LogP contribution >= 0.6 is 11.6 Å². The van der Waals surface area contributed by atoms with Crippen molar-refractivity contribution >= 4 is 35.1 Å². The quantitative estimate of drug-likeness (QED) is 0.192. The summed E-state index contributed by atoms with van der Waals surface area (Å²) in [5.41, 5.74) is 4.21. The van der Waals surface area contributed by atoms with Crippen molar-refractivity contribution in [2.75, 3.05) is 12.4 Å². The second-order valence-corrected chi connectivity index (χ2v) is 8.77. The maximum Gasteiger partial charge on any atom is 0.248 e. The van der Waals surface area contributed by atoms with Crippen LogP contribution in [0.4, 0.5) is 5.69 Å². The number of carbonyl (C=O) groups is 2. The lowest BCUT2D eigenvalue weighted by Gasteiger charge is -2.12. The second kappa shape index (κ2) is 12.1. The van der Waals surface area contributed by atoms with E-state index in [1.54, 1.807) is 61.7 Å². The Kier molecular flexibility index (Phi) is 8.39. The summed E-state index contributed by atoms with van der Waals surface area (Å²) in [6, 6.07) is 27.1. The van der Waals surface area contributed by atoms with E-state index in [0.29, 0.717) is 39.9 Å². The molecule has 186 valence electrons. The van der Waals surface area contributed by atoms with Crippen LogP contribution in [0.25, 0.3) is 6.08 Å². The minimum absolute atomic E-state index is 0.228. The molecule has 37 heavy (non-hydrogen) atoms. The van der Waals surface area contributed by atoms with Crippen molar-refractivity contribution in [1.29, 1.82) is 0 Å². The Morgan fingerprint density at radius 3 is 2.41 bits per heavy atom. The molecule has 4 aromatic rings. The number of ether oxygens (including phenoxy) is 2. The van der Waals surface area contributed by atoms with Crippen LogP contribution in [-0.2, 0) is 11.4 Å². The summed E-state index contributed by atoms with van der Waals surface area (Å²) < 4.78 is 11.5. The maximum absolute atomic E-state index is 13.0. The topological polar surface area (TPSA) is 64.6 Å². The average Bonchev–Trinajstić information content (AvgIpc) is 2.92. The third-order valence-corrected chi connectivity index (χ3v) is 6.01. The van der Waals surface area contributed by atoms with Gasteiger partial charge in [-0.2, -0.15) is 0 Å². The number of hydrogen-bond acceptors (Lipinski definition) is 4. The minimum atomic E-state index is -0.386. The van der Waals surface area contributed by atoms with Crippen molar-refractivity contribution in [1.82, 2.24) is 0 Å². The van der Waals surface area contributed by atoms with Gasteiger partial charge in [0.2, 0.25) is 5.91 Å². The number of amides is 1. The Balaban J connectivity index is 1.46. The van der Waals surface area contributed by atoms with E-state index in [1.165, 1.54) is 6.08 Å². The lowest BCUT2D eigenvalue weighted by molar-refractivity contribution is -0.111. The molecule has 0 heterocycles. The zero-order valence-corrected chi connectivity index (χ0v) is 21.3. The van der Waals surface area contributed by atoms with Gasteiger partial charge in [0.25, 0.3) is 0 Å². The fourth-order valence-corrected chi connectivity index (χ4v) is 3.91. The van der Waals surface area contributed by atoms with E-state index in [2.05, 4.69) is 5.32 Å². The van der Waals surface area contributed by atoms with E-state index in [-0.39, 0.29) is 11.7 Å². The van der Waals surface area contributed by atoms with Crippen molar-refractivity contribution in [2.45, 2.75) is 13.5 Å². The Morgan fingerprint density at radius 1 is 0.892 bits per heavy atom. The summed E-state index contributed by atoms with van der Waals surface area (Å²) in [5.74, 6) is 0.554. The molecule has 0 aliphatic carbocycles. The van der Waals surface area contributed by atoms with Crippen molar-refractivity contribution in [3.8, 4) is 11.5 Å². The number of benzene rings is 4. The first-order valence-corrected chi connectivity index (χ1v) is 12.1. The molecule has 1 amide bonds. The van der Waals surface area contributed by atoms with Gasteiger partial charge in [0.05, 0.1) is 12.8 Å². The molecule has 0 radical (unpaired) electrons. The van der Waals surface area contributed by atoms with Crippen LogP contribution in [0.15, 0.2) is 97.1 Å². The molecule has 4 rings (SSSR count). The first-order chi connectivity index (χ1) is 17.9. The largest absolute Gasteiger partial charge is 0.493 e. The molecule has 0 aliphatic heterocycles. The van der Waals surface area contributed by atoms with Gasteiger partial charge in [0.1, 0.15) is 6.61 Å². The summed E-state index contributed by atoms with van der Waals surface area (Å²) in [6.45, 7) is 2.46. The Bertz CT molecular complexity index is 1450. The van der Waals surface area contributed by atoms with Crippen LogP contribution < -0.4 is 14.8 Å².